The quantitative estimate of drug-likeness (QED) is 0.315. The first kappa shape index (κ1) is 22.5. The second kappa shape index (κ2) is 10.6. The lowest BCUT2D eigenvalue weighted by Gasteiger charge is -2.33. The standard InChI is InChI=1S/C19H30N4O2.HI/c1-14-12-17(22(3)4)7-6-16(14)13-21-19(20-2)23-10-8-15(9-11-23)18(24)25-5;/h6-7,12,15H,8-11,13H2,1-5H3,(H,20,21);1H. The van der Waals surface area contributed by atoms with Gasteiger partial charge in [-0.25, -0.2) is 0 Å². The topological polar surface area (TPSA) is 57.2 Å². The Labute approximate surface area is 174 Å². The van der Waals surface area contributed by atoms with Crippen LogP contribution in [0, 0.1) is 12.8 Å². The van der Waals surface area contributed by atoms with Crippen molar-refractivity contribution in [3.63, 3.8) is 0 Å². The number of hydrogen-bond acceptors (Lipinski definition) is 4. The average Bonchev–Trinajstić information content (AvgIpc) is 2.63. The number of benzene rings is 1. The number of carbonyl (C=O) groups excluding carboxylic acids is 1. The number of methoxy groups -OCH3 is 1. The summed E-state index contributed by atoms with van der Waals surface area (Å²) in [6.07, 6.45) is 1.62. The summed E-state index contributed by atoms with van der Waals surface area (Å²) >= 11 is 0. The highest BCUT2D eigenvalue weighted by Gasteiger charge is 2.26. The number of nitrogens with one attached hydrogen (secondary N) is 1. The molecule has 26 heavy (non-hydrogen) atoms. The first-order valence-corrected chi connectivity index (χ1v) is 8.76. The first-order chi connectivity index (χ1) is 12.0. The number of hydrogen-bond donors (Lipinski definition) is 1. The van der Waals surface area contributed by atoms with Gasteiger partial charge in [-0.05, 0) is 43.0 Å². The Kier molecular flexibility index (Phi) is 9.18. The summed E-state index contributed by atoms with van der Waals surface area (Å²) in [6, 6.07) is 6.49. The molecule has 1 fully saturated rings. The van der Waals surface area contributed by atoms with Gasteiger partial charge in [-0.1, -0.05) is 6.07 Å². The number of piperidine rings is 1. The number of halogens is 1. The van der Waals surface area contributed by atoms with Crippen LogP contribution in [0.5, 0.6) is 0 Å². The van der Waals surface area contributed by atoms with Crippen molar-refractivity contribution >= 4 is 41.6 Å². The maximum Gasteiger partial charge on any atom is 0.308 e. The smallest absolute Gasteiger partial charge is 0.308 e. The fraction of sp³-hybridized carbons (Fsp3) is 0.579. The van der Waals surface area contributed by atoms with E-state index >= 15 is 0 Å². The summed E-state index contributed by atoms with van der Waals surface area (Å²) in [7, 11) is 7.36. The molecule has 0 amide bonds. The minimum atomic E-state index is -0.0980. The van der Waals surface area contributed by atoms with Gasteiger partial charge >= 0.3 is 5.97 Å². The molecule has 1 heterocycles. The zero-order chi connectivity index (χ0) is 18.4. The van der Waals surface area contributed by atoms with Crippen molar-refractivity contribution in [3.05, 3.63) is 29.3 Å². The molecule has 1 N–H and O–H groups in total. The molecule has 0 saturated carbocycles. The van der Waals surface area contributed by atoms with Gasteiger partial charge in [-0.2, -0.15) is 0 Å². The van der Waals surface area contributed by atoms with Crippen molar-refractivity contribution in [3.8, 4) is 0 Å². The van der Waals surface area contributed by atoms with Crippen LogP contribution in [0.1, 0.15) is 24.0 Å². The second-order valence-electron chi connectivity index (χ2n) is 6.69. The number of ether oxygens (including phenoxy) is 1. The molecule has 7 heteroatoms. The normalized spacial score (nSPS) is 15.3. The van der Waals surface area contributed by atoms with Gasteiger partial charge in [0.1, 0.15) is 0 Å². The molecule has 0 bridgehead atoms. The number of esters is 1. The lowest BCUT2D eigenvalue weighted by atomic mass is 9.97. The SMILES string of the molecule is CN=C(NCc1ccc(N(C)C)cc1C)N1CCC(C(=O)OC)CC1.I. The van der Waals surface area contributed by atoms with E-state index in [4.69, 9.17) is 4.74 Å². The lowest BCUT2D eigenvalue weighted by molar-refractivity contribution is -0.146. The molecule has 1 aliphatic heterocycles. The molecular weight excluding hydrogens is 443 g/mol. The minimum Gasteiger partial charge on any atom is -0.469 e. The van der Waals surface area contributed by atoms with Crippen LogP contribution in [0.15, 0.2) is 23.2 Å². The van der Waals surface area contributed by atoms with Crippen LogP contribution in [0.25, 0.3) is 0 Å². The number of aliphatic imine (C=N–C) groups is 1. The number of rotatable bonds is 4. The summed E-state index contributed by atoms with van der Waals surface area (Å²) in [6.45, 7) is 4.51. The Bertz CT molecular complexity index is 626. The molecule has 0 unspecified atom stereocenters. The monoisotopic (exact) mass is 474 g/mol. The zero-order valence-electron chi connectivity index (χ0n) is 16.4. The van der Waals surface area contributed by atoms with E-state index in [0.717, 1.165) is 38.4 Å². The molecule has 1 aromatic carbocycles. The van der Waals surface area contributed by atoms with Crippen LogP contribution in [-0.4, -0.2) is 58.2 Å². The van der Waals surface area contributed by atoms with Crippen molar-refractivity contribution in [2.75, 3.05) is 46.2 Å². The van der Waals surface area contributed by atoms with E-state index in [1.807, 2.05) is 14.1 Å². The van der Waals surface area contributed by atoms with Crippen LogP contribution in [0.3, 0.4) is 0 Å². The molecular formula is C19H31IN4O2. The number of carbonyl (C=O) groups is 1. The van der Waals surface area contributed by atoms with Gasteiger partial charge in [-0.15, -0.1) is 24.0 Å². The van der Waals surface area contributed by atoms with Crippen molar-refractivity contribution < 1.29 is 9.53 Å². The number of nitrogens with zero attached hydrogens (tertiary/aromatic N) is 3. The Morgan fingerprint density at radius 1 is 1.35 bits per heavy atom. The average molecular weight is 474 g/mol. The largest absolute Gasteiger partial charge is 0.469 e. The van der Waals surface area contributed by atoms with Gasteiger partial charge in [0.25, 0.3) is 0 Å². The highest BCUT2D eigenvalue weighted by atomic mass is 127. The van der Waals surface area contributed by atoms with E-state index in [0.29, 0.717) is 0 Å². The Morgan fingerprint density at radius 2 is 2.00 bits per heavy atom. The maximum absolute atomic E-state index is 11.6. The van der Waals surface area contributed by atoms with Gasteiger partial charge < -0.3 is 19.9 Å². The molecule has 0 spiro atoms. The molecule has 6 nitrogen and oxygen atoms in total. The molecule has 0 aliphatic carbocycles. The van der Waals surface area contributed by atoms with Crippen LogP contribution >= 0.6 is 24.0 Å². The fourth-order valence-corrected chi connectivity index (χ4v) is 3.16. The summed E-state index contributed by atoms with van der Waals surface area (Å²) in [5, 5.41) is 3.45. The molecule has 1 aliphatic rings. The van der Waals surface area contributed by atoms with Crippen molar-refractivity contribution in [2.45, 2.75) is 26.3 Å². The van der Waals surface area contributed by atoms with Gasteiger partial charge in [0.2, 0.25) is 0 Å². The third-order valence-electron chi connectivity index (χ3n) is 4.82. The number of anilines is 1. The summed E-state index contributed by atoms with van der Waals surface area (Å²) in [5.74, 6) is 0.804. The predicted octanol–water partition coefficient (Wildman–Crippen LogP) is 2.64. The van der Waals surface area contributed by atoms with Crippen LogP contribution in [0.4, 0.5) is 5.69 Å². The van der Waals surface area contributed by atoms with Crippen molar-refractivity contribution in [1.29, 1.82) is 0 Å². The number of guanidine groups is 1. The first-order valence-electron chi connectivity index (χ1n) is 8.76. The summed E-state index contributed by atoms with van der Waals surface area (Å²) < 4.78 is 4.85. The predicted molar refractivity (Wildman–Crippen MR) is 117 cm³/mol. The highest BCUT2D eigenvalue weighted by Crippen LogP contribution is 2.19. The van der Waals surface area contributed by atoms with Gasteiger partial charge in [0, 0.05) is 46.5 Å². The third kappa shape index (κ3) is 5.75. The van der Waals surface area contributed by atoms with Crippen LogP contribution < -0.4 is 10.2 Å². The number of likely N-dealkylation sites (tertiary alicyclic amines) is 1. The molecule has 146 valence electrons. The van der Waals surface area contributed by atoms with Gasteiger partial charge in [0.15, 0.2) is 5.96 Å². The molecule has 0 radical (unpaired) electrons. The van der Waals surface area contributed by atoms with E-state index < -0.39 is 0 Å². The van der Waals surface area contributed by atoms with E-state index in [1.165, 1.54) is 23.9 Å². The highest BCUT2D eigenvalue weighted by molar-refractivity contribution is 14.0. The molecule has 1 aromatic rings. The Hall–Kier alpha value is -1.51. The molecule has 0 atom stereocenters. The second-order valence-corrected chi connectivity index (χ2v) is 6.69. The van der Waals surface area contributed by atoms with Crippen molar-refractivity contribution in [2.24, 2.45) is 10.9 Å². The maximum atomic E-state index is 11.6. The van der Waals surface area contributed by atoms with E-state index in [-0.39, 0.29) is 35.9 Å². The fourth-order valence-electron chi connectivity index (χ4n) is 3.16. The number of aryl methyl sites for hydroxylation is 1. The third-order valence-corrected chi connectivity index (χ3v) is 4.82. The zero-order valence-corrected chi connectivity index (χ0v) is 18.7. The van der Waals surface area contributed by atoms with Crippen molar-refractivity contribution in [1.82, 2.24) is 10.2 Å². The van der Waals surface area contributed by atoms with Crippen LogP contribution in [0.2, 0.25) is 0 Å². The summed E-state index contributed by atoms with van der Waals surface area (Å²) in [5.41, 5.74) is 3.73. The Balaban J connectivity index is 0.00000338. The van der Waals surface area contributed by atoms with Gasteiger partial charge in [0.05, 0.1) is 13.0 Å². The van der Waals surface area contributed by atoms with E-state index in [2.05, 4.69) is 45.2 Å². The lowest BCUT2D eigenvalue weighted by Crippen LogP contribution is -2.46. The Morgan fingerprint density at radius 3 is 2.50 bits per heavy atom. The minimum absolute atomic E-state index is 0. The molecule has 0 aromatic heterocycles. The van der Waals surface area contributed by atoms with E-state index in [9.17, 15) is 4.79 Å². The molecule has 1 saturated heterocycles. The van der Waals surface area contributed by atoms with Crippen LogP contribution in [-0.2, 0) is 16.1 Å². The molecule has 2 rings (SSSR count). The summed E-state index contributed by atoms with van der Waals surface area (Å²) in [4.78, 5) is 20.4. The van der Waals surface area contributed by atoms with Gasteiger partial charge in [-0.3, -0.25) is 9.79 Å². The van der Waals surface area contributed by atoms with E-state index in [1.54, 1.807) is 7.05 Å².